The highest BCUT2D eigenvalue weighted by Gasteiger charge is 2.61. The molecule has 4 saturated carbocycles. The molecule has 6 unspecified atom stereocenters. The highest BCUT2D eigenvalue weighted by Crippen LogP contribution is 2.69. The van der Waals surface area contributed by atoms with Crippen LogP contribution in [0.15, 0.2) is 0 Å². The molecule has 4 aliphatic rings. The van der Waals surface area contributed by atoms with Gasteiger partial charge in [0.2, 0.25) is 0 Å². The molecule has 0 bridgehead atoms. The second kappa shape index (κ2) is 8.59. The molecule has 4 fully saturated rings. The molecule has 9 atom stereocenters. The predicted molar refractivity (Wildman–Crippen MR) is 133 cm³/mol. The fraction of sp³-hybridized carbons (Fsp3) is 0.967. The Bertz CT molecular complexity index is 723. The van der Waals surface area contributed by atoms with E-state index in [-0.39, 0.29) is 11.0 Å². The van der Waals surface area contributed by atoms with Crippen LogP contribution in [0.1, 0.15) is 125 Å². The lowest BCUT2D eigenvalue weighted by Crippen LogP contribution is -2.56. The first-order valence-electron chi connectivity index (χ1n) is 14.1. The summed E-state index contributed by atoms with van der Waals surface area (Å²) < 4.78 is 0. The van der Waals surface area contributed by atoms with Crippen LogP contribution in [0, 0.1) is 63.1 Å². The summed E-state index contributed by atoms with van der Waals surface area (Å²) in [5.41, 5.74) is 0.456. The molecule has 0 radical (unpaired) electrons. The number of nitriles is 1. The normalized spacial score (nSPS) is 47.1. The summed E-state index contributed by atoms with van der Waals surface area (Å²) in [6, 6.07) is 2.49. The summed E-state index contributed by atoms with van der Waals surface area (Å²) in [7, 11) is 0. The molecule has 0 aromatic rings. The first-order valence-corrected chi connectivity index (χ1v) is 14.1. The van der Waals surface area contributed by atoms with Crippen molar-refractivity contribution in [3.8, 4) is 6.07 Å². The minimum atomic E-state index is -0.381. The van der Waals surface area contributed by atoms with Gasteiger partial charge < -0.3 is 5.11 Å². The van der Waals surface area contributed by atoms with Crippen LogP contribution in [0.5, 0.6) is 0 Å². The van der Waals surface area contributed by atoms with E-state index in [0.717, 1.165) is 61.2 Å². The smallest absolute Gasteiger partial charge is 0.0683 e. The van der Waals surface area contributed by atoms with Crippen LogP contribution in [0.3, 0.4) is 0 Å². The van der Waals surface area contributed by atoms with Gasteiger partial charge in [-0.25, -0.2) is 0 Å². The Hall–Kier alpha value is -0.550. The van der Waals surface area contributed by atoms with E-state index in [9.17, 15) is 10.4 Å². The minimum Gasteiger partial charge on any atom is -0.390 e. The molecular weight excluding hydrogens is 390 g/mol. The van der Waals surface area contributed by atoms with E-state index in [2.05, 4.69) is 47.6 Å². The van der Waals surface area contributed by atoms with Crippen molar-refractivity contribution in [2.24, 2.45) is 51.8 Å². The number of aliphatic hydroxyl groups is 1. The molecule has 0 aromatic carbocycles. The molecule has 0 aromatic heterocycles. The fourth-order valence-electron chi connectivity index (χ4n) is 9.74. The molecule has 2 heteroatoms. The van der Waals surface area contributed by atoms with E-state index in [4.69, 9.17) is 0 Å². The van der Waals surface area contributed by atoms with Crippen molar-refractivity contribution in [1.29, 1.82) is 5.26 Å². The summed E-state index contributed by atoms with van der Waals surface area (Å²) in [6.45, 7) is 14.2. The molecule has 4 aliphatic carbocycles. The number of rotatable bonds is 6. The van der Waals surface area contributed by atoms with Gasteiger partial charge >= 0.3 is 0 Å². The molecule has 0 heterocycles. The summed E-state index contributed by atoms with van der Waals surface area (Å²) in [5.74, 6) is 5.15. The van der Waals surface area contributed by atoms with Gasteiger partial charge in [-0.1, -0.05) is 40.5 Å². The minimum absolute atomic E-state index is 0.169. The highest BCUT2D eigenvalue weighted by atomic mass is 16.3. The van der Waals surface area contributed by atoms with Gasteiger partial charge in [-0.3, -0.25) is 0 Å². The average Bonchev–Trinajstić information content (AvgIpc) is 3.11. The van der Waals surface area contributed by atoms with Gasteiger partial charge in [0.25, 0.3) is 0 Å². The lowest BCUT2D eigenvalue weighted by molar-refractivity contribution is -0.152. The van der Waals surface area contributed by atoms with Crippen LogP contribution in [-0.4, -0.2) is 10.7 Å². The zero-order chi connectivity index (χ0) is 23.4. The van der Waals surface area contributed by atoms with Gasteiger partial charge in [-0.2, -0.15) is 5.26 Å². The number of hydrogen-bond acceptors (Lipinski definition) is 2. The van der Waals surface area contributed by atoms with E-state index in [1.54, 1.807) is 0 Å². The van der Waals surface area contributed by atoms with Gasteiger partial charge in [0.15, 0.2) is 0 Å². The van der Waals surface area contributed by atoms with Gasteiger partial charge in [0.1, 0.15) is 0 Å². The van der Waals surface area contributed by atoms with Crippen LogP contribution in [-0.2, 0) is 0 Å². The second-order valence-electron chi connectivity index (χ2n) is 14.0. The maximum absolute atomic E-state index is 11.0. The molecule has 1 N–H and O–H groups in total. The number of hydrogen-bond donors (Lipinski definition) is 1. The SMILES string of the molecule is CC[C@]1(O)CCC2(C)C3CCC4(C)C(CCC4[C@H](C)CCCC(C)(C)C#N)C3CC[C@H]2C1. The molecular formula is C30H51NO. The van der Waals surface area contributed by atoms with Crippen molar-refractivity contribution in [3.05, 3.63) is 0 Å². The quantitative estimate of drug-likeness (QED) is 0.452. The first kappa shape index (κ1) is 24.6. The Morgan fingerprint density at radius 3 is 2.41 bits per heavy atom. The topological polar surface area (TPSA) is 44.0 Å². The van der Waals surface area contributed by atoms with Crippen LogP contribution in [0.2, 0.25) is 0 Å². The van der Waals surface area contributed by atoms with Crippen LogP contribution >= 0.6 is 0 Å². The first-order chi connectivity index (χ1) is 15.0. The molecule has 2 nitrogen and oxygen atoms in total. The summed E-state index contributed by atoms with van der Waals surface area (Å²) in [5, 5.41) is 20.4. The van der Waals surface area contributed by atoms with E-state index in [1.807, 2.05) is 0 Å². The largest absolute Gasteiger partial charge is 0.390 e. The van der Waals surface area contributed by atoms with E-state index < -0.39 is 0 Å². The van der Waals surface area contributed by atoms with E-state index in [0.29, 0.717) is 10.8 Å². The third kappa shape index (κ3) is 4.08. The van der Waals surface area contributed by atoms with Crippen molar-refractivity contribution in [3.63, 3.8) is 0 Å². The fourth-order valence-corrected chi connectivity index (χ4v) is 9.74. The van der Waals surface area contributed by atoms with Crippen molar-refractivity contribution < 1.29 is 5.11 Å². The number of nitrogens with zero attached hydrogens (tertiary/aromatic N) is 1. The predicted octanol–water partition coefficient (Wildman–Crippen LogP) is 8.14. The molecule has 0 saturated heterocycles. The van der Waals surface area contributed by atoms with Crippen LogP contribution < -0.4 is 0 Å². The molecule has 182 valence electrons. The van der Waals surface area contributed by atoms with Crippen LogP contribution in [0.4, 0.5) is 0 Å². The summed E-state index contributed by atoms with van der Waals surface area (Å²) in [4.78, 5) is 0. The Balaban J connectivity index is 1.43. The highest BCUT2D eigenvalue weighted by molar-refractivity contribution is 5.11. The van der Waals surface area contributed by atoms with Crippen molar-refractivity contribution >= 4 is 0 Å². The Morgan fingerprint density at radius 1 is 1.00 bits per heavy atom. The summed E-state index contributed by atoms with van der Waals surface area (Å²) in [6.07, 6.45) is 16.3. The number of fused-ring (bicyclic) bond motifs is 5. The Kier molecular flexibility index (Phi) is 6.60. The molecule has 0 aliphatic heterocycles. The van der Waals surface area contributed by atoms with Crippen molar-refractivity contribution in [2.45, 2.75) is 131 Å². The molecule has 0 amide bonds. The average molecular weight is 442 g/mol. The second-order valence-corrected chi connectivity index (χ2v) is 14.0. The Labute approximate surface area is 198 Å². The van der Waals surface area contributed by atoms with E-state index >= 15 is 0 Å². The van der Waals surface area contributed by atoms with Crippen molar-refractivity contribution in [2.75, 3.05) is 0 Å². The molecule has 0 spiro atoms. The van der Waals surface area contributed by atoms with Gasteiger partial charge in [-0.15, -0.1) is 0 Å². The van der Waals surface area contributed by atoms with Gasteiger partial charge in [0.05, 0.1) is 17.1 Å². The monoisotopic (exact) mass is 441 g/mol. The lowest BCUT2D eigenvalue weighted by Gasteiger charge is -2.62. The molecule has 32 heavy (non-hydrogen) atoms. The van der Waals surface area contributed by atoms with Crippen LogP contribution in [0.25, 0.3) is 0 Å². The maximum atomic E-state index is 11.0. The zero-order valence-electron chi connectivity index (χ0n) is 22.1. The zero-order valence-corrected chi connectivity index (χ0v) is 22.1. The lowest BCUT2D eigenvalue weighted by atomic mass is 9.43. The van der Waals surface area contributed by atoms with Gasteiger partial charge in [0, 0.05) is 0 Å². The van der Waals surface area contributed by atoms with E-state index in [1.165, 1.54) is 57.8 Å². The third-order valence-corrected chi connectivity index (χ3v) is 12.0. The third-order valence-electron chi connectivity index (χ3n) is 12.0. The standard InChI is InChI=1S/C30H51NO/c1-7-30(32)18-17-28(5)22(19-30)10-11-23-25-13-12-24(29(25,6)16-14-26(23)28)21(2)9-8-15-27(3,4)20-31/h21-26,32H,7-19H2,1-6H3/t21-,22+,23?,24?,25?,26?,28?,29?,30+/m1/s1. The molecule has 4 rings (SSSR count). The maximum Gasteiger partial charge on any atom is 0.0683 e. The van der Waals surface area contributed by atoms with Crippen molar-refractivity contribution in [1.82, 2.24) is 0 Å². The Morgan fingerprint density at radius 2 is 1.72 bits per heavy atom. The van der Waals surface area contributed by atoms with Gasteiger partial charge in [-0.05, 0) is 131 Å². The summed E-state index contributed by atoms with van der Waals surface area (Å²) >= 11 is 0.